The number of hydrogen-bond acceptors (Lipinski definition) is 4. The minimum absolute atomic E-state index is 0.117. The number of hydrogen-bond donors (Lipinski definition) is 1. The van der Waals surface area contributed by atoms with Gasteiger partial charge in [0.05, 0.1) is 7.11 Å². The first kappa shape index (κ1) is 21.5. The highest BCUT2D eigenvalue weighted by atomic mass is 19.4. The third-order valence-corrected chi connectivity index (χ3v) is 4.56. The molecular weight excluding hydrogens is 406 g/mol. The van der Waals surface area contributed by atoms with Gasteiger partial charge in [-0.25, -0.2) is 9.18 Å². The van der Waals surface area contributed by atoms with Crippen LogP contribution in [0, 0.1) is 5.82 Å². The second-order valence-corrected chi connectivity index (χ2v) is 6.65. The van der Waals surface area contributed by atoms with Crippen LogP contribution in [-0.2, 0) is 0 Å². The number of nitrogens with zero attached hydrogens (tertiary/aromatic N) is 2. The summed E-state index contributed by atoms with van der Waals surface area (Å²) in [6.45, 7) is 0.558. The van der Waals surface area contributed by atoms with Gasteiger partial charge in [0, 0.05) is 43.6 Å². The van der Waals surface area contributed by atoms with E-state index in [1.165, 1.54) is 37.4 Å². The second kappa shape index (κ2) is 9.10. The van der Waals surface area contributed by atoms with E-state index in [0.717, 1.165) is 5.69 Å². The normalized spacial score (nSPS) is 14.4. The monoisotopic (exact) mass is 427 g/mol. The molecule has 0 radical (unpaired) electrons. The van der Waals surface area contributed by atoms with Crippen molar-refractivity contribution in [2.75, 3.05) is 50.1 Å². The molecule has 1 fully saturated rings. The maximum Gasteiger partial charge on any atom is 0.422 e. The van der Waals surface area contributed by atoms with Crippen LogP contribution in [0.4, 0.5) is 33.7 Å². The van der Waals surface area contributed by atoms with Gasteiger partial charge in [-0.3, -0.25) is 0 Å². The quantitative estimate of drug-likeness (QED) is 0.730. The molecule has 3 rings (SSSR count). The molecule has 0 saturated carbocycles. The van der Waals surface area contributed by atoms with Crippen molar-refractivity contribution >= 4 is 17.4 Å². The molecule has 2 aromatic carbocycles. The fourth-order valence-electron chi connectivity index (χ4n) is 3.05. The first-order chi connectivity index (χ1) is 14.2. The lowest BCUT2D eigenvalue weighted by Gasteiger charge is -2.36. The fraction of sp³-hybridized carbons (Fsp3) is 0.350. The van der Waals surface area contributed by atoms with Crippen molar-refractivity contribution in [2.45, 2.75) is 6.18 Å². The molecule has 1 aliphatic heterocycles. The minimum atomic E-state index is -4.49. The first-order valence-electron chi connectivity index (χ1n) is 9.19. The summed E-state index contributed by atoms with van der Waals surface area (Å²) in [6.07, 6.45) is -4.49. The van der Waals surface area contributed by atoms with Crippen molar-refractivity contribution in [3.63, 3.8) is 0 Å². The number of piperazine rings is 1. The van der Waals surface area contributed by atoms with Crippen LogP contribution in [0.1, 0.15) is 0 Å². The smallest absolute Gasteiger partial charge is 0.422 e. The molecule has 0 bridgehead atoms. The lowest BCUT2D eigenvalue weighted by molar-refractivity contribution is -0.153. The highest BCUT2D eigenvalue weighted by molar-refractivity contribution is 5.90. The highest BCUT2D eigenvalue weighted by Gasteiger charge is 2.29. The average Bonchev–Trinajstić information content (AvgIpc) is 2.72. The molecule has 2 aromatic rings. The summed E-state index contributed by atoms with van der Waals surface area (Å²) < 4.78 is 60.2. The molecule has 0 unspecified atom stereocenters. The summed E-state index contributed by atoms with van der Waals surface area (Å²) in [6, 6.07) is 10.0. The maximum atomic E-state index is 13.1. The van der Waals surface area contributed by atoms with Gasteiger partial charge in [-0.2, -0.15) is 13.2 Å². The van der Waals surface area contributed by atoms with E-state index < -0.39 is 12.8 Å². The summed E-state index contributed by atoms with van der Waals surface area (Å²) in [4.78, 5) is 16.2. The molecule has 1 saturated heterocycles. The second-order valence-electron chi connectivity index (χ2n) is 6.65. The van der Waals surface area contributed by atoms with Crippen molar-refractivity contribution in [3.05, 3.63) is 48.3 Å². The van der Waals surface area contributed by atoms with Gasteiger partial charge in [0.25, 0.3) is 0 Å². The number of anilines is 2. The van der Waals surface area contributed by atoms with Crippen molar-refractivity contribution in [1.29, 1.82) is 0 Å². The Kier molecular flexibility index (Phi) is 6.53. The Balaban J connectivity index is 1.58. The number of amides is 2. The summed E-state index contributed by atoms with van der Waals surface area (Å²) in [5, 5.41) is 2.66. The van der Waals surface area contributed by atoms with Crippen molar-refractivity contribution in [1.82, 2.24) is 4.90 Å². The number of halogens is 4. The summed E-state index contributed by atoms with van der Waals surface area (Å²) >= 11 is 0. The number of carbonyl (C=O) groups is 1. The third kappa shape index (κ3) is 5.68. The van der Waals surface area contributed by atoms with Gasteiger partial charge in [0.1, 0.15) is 5.82 Å². The number of ether oxygens (including phenoxy) is 2. The first-order valence-corrected chi connectivity index (χ1v) is 9.19. The summed E-state index contributed by atoms with van der Waals surface area (Å²) in [5.41, 5.74) is 1.16. The lowest BCUT2D eigenvalue weighted by Crippen LogP contribution is -2.50. The van der Waals surface area contributed by atoms with Gasteiger partial charge < -0.3 is 24.6 Å². The Hall–Kier alpha value is -3.17. The van der Waals surface area contributed by atoms with E-state index >= 15 is 0 Å². The van der Waals surface area contributed by atoms with Gasteiger partial charge in [0.2, 0.25) is 0 Å². The Morgan fingerprint density at radius 2 is 1.70 bits per heavy atom. The summed E-state index contributed by atoms with van der Waals surface area (Å²) in [5.74, 6) is -0.297. The molecule has 0 atom stereocenters. The van der Waals surface area contributed by atoms with Crippen LogP contribution < -0.4 is 19.7 Å². The number of carbonyl (C=O) groups excluding carboxylic acids is 1. The molecule has 6 nitrogen and oxygen atoms in total. The van der Waals surface area contributed by atoms with Gasteiger partial charge >= 0.3 is 12.2 Å². The Morgan fingerprint density at radius 1 is 1.03 bits per heavy atom. The zero-order valence-corrected chi connectivity index (χ0v) is 16.2. The third-order valence-electron chi connectivity index (χ3n) is 4.56. The number of nitrogens with one attached hydrogen (secondary N) is 1. The van der Waals surface area contributed by atoms with Gasteiger partial charge in [-0.15, -0.1) is 0 Å². The molecule has 0 aliphatic carbocycles. The van der Waals surface area contributed by atoms with E-state index in [2.05, 4.69) is 5.32 Å². The van der Waals surface area contributed by atoms with Gasteiger partial charge in [-0.05, 0) is 36.4 Å². The fourth-order valence-corrected chi connectivity index (χ4v) is 3.05. The van der Waals surface area contributed by atoms with Crippen molar-refractivity contribution in [3.8, 4) is 11.5 Å². The van der Waals surface area contributed by atoms with Crippen LogP contribution in [-0.4, -0.2) is 57.0 Å². The molecule has 0 aromatic heterocycles. The van der Waals surface area contributed by atoms with Crippen LogP contribution in [0.15, 0.2) is 42.5 Å². The molecule has 30 heavy (non-hydrogen) atoms. The average molecular weight is 427 g/mol. The summed E-state index contributed by atoms with van der Waals surface area (Å²) in [7, 11) is 1.31. The molecule has 1 aliphatic rings. The van der Waals surface area contributed by atoms with Gasteiger partial charge in [-0.1, -0.05) is 0 Å². The molecule has 2 amide bonds. The maximum absolute atomic E-state index is 13.1. The van der Waals surface area contributed by atoms with Crippen LogP contribution in [0.25, 0.3) is 0 Å². The Labute approximate surface area is 171 Å². The topological polar surface area (TPSA) is 54.0 Å². The molecule has 1 heterocycles. The predicted molar refractivity (Wildman–Crippen MR) is 104 cm³/mol. The largest absolute Gasteiger partial charge is 0.493 e. The molecule has 10 heteroatoms. The van der Waals surface area contributed by atoms with Crippen LogP contribution in [0.5, 0.6) is 11.5 Å². The highest BCUT2D eigenvalue weighted by Crippen LogP contribution is 2.32. The standard InChI is InChI=1S/C20H21F4N3O3/c1-29-17-7-4-15(12-18(17)30-13-20(22,23)24)25-19(28)27-10-8-26(9-11-27)16-5-2-14(21)3-6-16/h2-7,12H,8-11,13H2,1H3,(H,25,28). The van der Waals surface area contributed by atoms with E-state index in [-0.39, 0.29) is 23.3 Å². The van der Waals surface area contributed by atoms with E-state index in [4.69, 9.17) is 9.47 Å². The van der Waals surface area contributed by atoms with Crippen molar-refractivity contribution < 1.29 is 31.8 Å². The Morgan fingerprint density at radius 3 is 2.30 bits per heavy atom. The zero-order valence-electron chi connectivity index (χ0n) is 16.2. The lowest BCUT2D eigenvalue weighted by atomic mass is 10.2. The van der Waals surface area contributed by atoms with E-state index in [1.807, 2.05) is 4.90 Å². The van der Waals surface area contributed by atoms with Crippen LogP contribution in [0.2, 0.25) is 0 Å². The number of methoxy groups -OCH3 is 1. The van der Waals surface area contributed by atoms with E-state index in [1.54, 1.807) is 17.0 Å². The minimum Gasteiger partial charge on any atom is -0.493 e. The Bertz CT molecular complexity index is 867. The molecular formula is C20H21F4N3O3. The van der Waals surface area contributed by atoms with Gasteiger partial charge in [0.15, 0.2) is 18.1 Å². The molecule has 1 N–H and O–H groups in total. The number of rotatable bonds is 5. The van der Waals surface area contributed by atoms with E-state index in [9.17, 15) is 22.4 Å². The molecule has 0 spiro atoms. The van der Waals surface area contributed by atoms with Crippen molar-refractivity contribution in [2.24, 2.45) is 0 Å². The van der Waals surface area contributed by atoms with Crippen LogP contribution >= 0.6 is 0 Å². The SMILES string of the molecule is COc1ccc(NC(=O)N2CCN(c3ccc(F)cc3)CC2)cc1OCC(F)(F)F. The van der Waals surface area contributed by atoms with Crippen LogP contribution in [0.3, 0.4) is 0 Å². The number of benzene rings is 2. The number of alkyl halides is 3. The molecule has 162 valence electrons. The van der Waals surface area contributed by atoms with E-state index in [0.29, 0.717) is 31.9 Å². The number of urea groups is 1. The zero-order chi connectivity index (χ0) is 21.7. The predicted octanol–water partition coefficient (Wildman–Crippen LogP) is 4.13.